The number of amides is 1. The van der Waals surface area contributed by atoms with Crippen LogP contribution in [-0.4, -0.2) is 53.4 Å². The van der Waals surface area contributed by atoms with Gasteiger partial charge in [-0.2, -0.15) is 5.10 Å². The third kappa shape index (κ3) is 4.92. The van der Waals surface area contributed by atoms with E-state index in [0.29, 0.717) is 17.2 Å². The van der Waals surface area contributed by atoms with E-state index in [2.05, 4.69) is 12.0 Å². The van der Waals surface area contributed by atoms with Crippen LogP contribution in [0.2, 0.25) is 0 Å². The third-order valence-corrected chi connectivity index (χ3v) is 5.86. The number of hydrogen-bond acceptors (Lipinski definition) is 5. The highest BCUT2D eigenvalue weighted by atomic mass is 16.5. The zero-order chi connectivity index (χ0) is 23.4. The average Bonchev–Trinajstić information content (AvgIpc) is 3.30. The monoisotopic (exact) mass is 447 g/mol. The highest BCUT2D eigenvalue weighted by Gasteiger charge is 2.23. The van der Waals surface area contributed by atoms with Crippen LogP contribution in [0.5, 0.6) is 5.75 Å². The number of nitrogens with zero attached hydrogens (tertiary/aromatic N) is 3. The minimum absolute atomic E-state index is 0.0498. The van der Waals surface area contributed by atoms with Gasteiger partial charge in [-0.25, -0.2) is 9.48 Å². The lowest BCUT2D eigenvalue weighted by Gasteiger charge is -2.31. The van der Waals surface area contributed by atoms with Crippen molar-refractivity contribution in [3.05, 3.63) is 65.9 Å². The lowest BCUT2D eigenvalue weighted by molar-refractivity contribution is 0.0518. The van der Waals surface area contributed by atoms with Crippen molar-refractivity contribution in [1.82, 2.24) is 14.7 Å². The first kappa shape index (κ1) is 22.6. The van der Waals surface area contributed by atoms with Gasteiger partial charge in [0.1, 0.15) is 5.75 Å². The van der Waals surface area contributed by atoms with Crippen molar-refractivity contribution in [2.45, 2.75) is 26.7 Å². The molecule has 2 aromatic carbocycles. The van der Waals surface area contributed by atoms with Crippen molar-refractivity contribution < 1.29 is 19.1 Å². The SMILES string of the molecule is CCOC(=O)c1cc(-c2cccc(OC)c2)n(-c2ccc(C(=O)N3CCCC(C)C3)cc2)n1. The Hall–Kier alpha value is -3.61. The number of methoxy groups -OCH3 is 1. The number of likely N-dealkylation sites (tertiary alicyclic amines) is 1. The number of esters is 1. The fraction of sp³-hybridized carbons (Fsp3) is 0.346. The molecule has 0 saturated carbocycles. The Morgan fingerprint density at radius 1 is 1.12 bits per heavy atom. The van der Waals surface area contributed by atoms with Crippen molar-refractivity contribution in [1.29, 1.82) is 0 Å². The van der Waals surface area contributed by atoms with Crippen LogP contribution in [0.25, 0.3) is 16.9 Å². The summed E-state index contributed by atoms with van der Waals surface area (Å²) in [6.45, 7) is 5.81. The summed E-state index contributed by atoms with van der Waals surface area (Å²) in [4.78, 5) is 27.2. The van der Waals surface area contributed by atoms with Crippen LogP contribution >= 0.6 is 0 Å². The maximum absolute atomic E-state index is 12.9. The molecule has 33 heavy (non-hydrogen) atoms. The van der Waals surface area contributed by atoms with E-state index in [1.807, 2.05) is 53.4 Å². The molecule has 7 nitrogen and oxygen atoms in total. The molecule has 0 spiro atoms. The van der Waals surface area contributed by atoms with Gasteiger partial charge >= 0.3 is 5.97 Å². The van der Waals surface area contributed by atoms with E-state index in [1.165, 1.54) is 0 Å². The zero-order valence-corrected chi connectivity index (χ0v) is 19.3. The van der Waals surface area contributed by atoms with E-state index < -0.39 is 5.97 Å². The van der Waals surface area contributed by atoms with Gasteiger partial charge in [-0.15, -0.1) is 0 Å². The number of benzene rings is 2. The summed E-state index contributed by atoms with van der Waals surface area (Å²) in [5.74, 6) is 0.799. The number of aromatic nitrogens is 2. The minimum atomic E-state index is -0.480. The van der Waals surface area contributed by atoms with Crippen molar-refractivity contribution in [3.63, 3.8) is 0 Å². The number of carbonyl (C=O) groups excluding carboxylic acids is 2. The fourth-order valence-electron chi connectivity index (χ4n) is 4.17. The molecule has 0 bridgehead atoms. The number of carbonyl (C=O) groups is 2. The molecule has 172 valence electrons. The summed E-state index contributed by atoms with van der Waals surface area (Å²) in [6, 6.07) is 16.6. The zero-order valence-electron chi connectivity index (χ0n) is 19.3. The molecule has 0 radical (unpaired) electrons. The number of hydrogen-bond donors (Lipinski definition) is 0. The smallest absolute Gasteiger partial charge is 0.358 e. The number of ether oxygens (including phenoxy) is 2. The lowest BCUT2D eigenvalue weighted by atomic mass is 9.99. The molecule has 1 unspecified atom stereocenters. The Bertz CT molecular complexity index is 1140. The first-order valence-corrected chi connectivity index (χ1v) is 11.3. The van der Waals surface area contributed by atoms with E-state index in [-0.39, 0.29) is 18.2 Å². The van der Waals surface area contributed by atoms with Crippen LogP contribution in [0.15, 0.2) is 54.6 Å². The molecule has 1 aromatic heterocycles. The Kier molecular flexibility index (Phi) is 6.77. The van der Waals surface area contributed by atoms with Crippen LogP contribution in [0.1, 0.15) is 47.5 Å². The van der Waals surface area contributed by atoms with Crippen LogP contribution in [0, 0.1) is 5.92 Å². The third-order valence-electron chi connectivity index (χ3n) is 5.86. The molecule has 0 N–H and O–H groups in total. The molecule has 1 fully saturated rings. The molecular formula is C26H29N3O4. The van der Waals surface area contributed by atoms with E-state index >= 15 is 0 Å². The number of rotatable bonds is 6. The molecule has 1 aliphatic rings. The van der Waals surface area contributed by atoms with Crippen molar-refractivity contribution in [3.8, 4) is 22.7 Å². The van der Waals surface area contributed by atoms with E-state index in [9.17, 15) is 9.59 Å². The first-order chi connectivity index (χ1) is 16.0. The minimum Gasteiger partial charge on any atom is -0.497 e. The molecule has 1 aliphatic heterocycles. The molecule has 4 rings (SSSR count). The lowest BCUT2D eigenvalue weighted by Crippen LogP contribution is -2.39. The maximum atomic E-state index is 12.9. The van der Waals surface area contributed by atoms with Crippen LogP contribution in [0.4, 0.5) is 0 Å². The van der Waals surface area contributed by atoms with Crippen molar-refractivity contribution >= 4 is 11.9 Å². The summed E-state index contributed by atoms with van der Waals surface area (Å²) < 4.78 is 12.2. The van der Waals surface area contributed by atoms with Gasteiger partial charge in [0.05, 0.1) is 25.1 Å². The first-order valence-electron chi connectivity index (χ1n) is 11.3. The topological polar surface area (TPSA) is 73.7 Å². The fourth-order valence-corrected chi connectivity index (χ4v) is 4.17. The van der Waals surface area contributed by atoms with Crippen molar-refractivity contribution in [2.24, 2.45) is 5.92 Å². The second-order valence-electron chi connectivity index (χ2n) is 8.32. The van der Waals surface area contributed by atoms with Crippen molar-refractivity contribution in [2.75, 3.05) is 26.8 Å². The van der Waals surface area contributed by atoms with Crippen LogP contribution in [0.3, 0.4) is 0 Å². The summed E-state index contributed by atoms with van der Waals surface area (Å²) in [6.07, 6.45) is 2.21. The van der Waals surface area contributed by atoms with Gasteiger partial charge in [-0.3, -0.25) is 4.79 Å². The Balaban J connectivity index is 1.68. The molecular weight excluding hydrogens is 418 g/mol. The highest BCUT2D eigenvalue weighted by Crippen LogP contribution is 2.28. The van der Waals surface area contributed by atoms with Crippen LogP contribution in [-0.2, 0) is 4.74 Å². The Labute approximate surface area is 193 Å². The van der Waals surface area contributed by atoms with E-state index in [0.717, 1.165) is 42.9 Å². The highest BCUT2D eigenvalue weighted by molar-refractivity contribution is 5.94. The Morgan fingerprint density at radius 3 is 2.61 bits per heavy atom. The summed E-state index contributed by atoms with van der Waals surface area (Å²) >= 11 is 0. The largest absolute Gasteiger partial charge is 0.497 e. The second-order valence-corrected chi connectivity index (χ2v) is 8.32. The predicted molar refractivity (Wildman–Crippen MR) is 126 cm³/mol. The van der Waals surface area contributed by atoms with E-state index in [1.54, 1.807) is 24.8 Å². The normalized spacial score (nSPS) is 15.8. The summed E-state index contributed by atoms with van der Waals surface area (Å²) in [5.41, 5.74) is 3.18. The molecule has 1 amide bonds. The molecule has 1 atom stereocenters. The molecule has 3 aromatic rings. The summed E-state index contributed by atoms with van der Waals surface area (Å²) in [5, 5.41) is 4.51. The standard InChI is InChI=1S/C26H29N3O4/c1-4-33-26(31)23-16-24(20-8-5-9-22(15-20)32-3)29(27-23)21-12-10-19(11-13-21)25(30)28-14-6-7-18(2)17-28/h5,8-13,15-16,18H,4,6-7,14,17H2,1-3H3. The Morgan fingerprint density at radius 2 is 1.91 bits per heavy atom. The van der Waals surface area contributed by atoms with Gasteiger partial charge in [0, 0.05) is 24.2 Å². The second kappa shape index (κ2) is 9.90. The van der Waals surface area contributed by atoms with Crippen LogP contribution < -0.4 is 4.74 Å². The predicted octanol–water partition coefficient (Wildman–Crippen LogP) is 4.60. The molecule has 0 aliphatic carbocycles. The van der Waals surface area contributed by atoms with Gasteiger partial charge < -0.3 is 14.4 Å². The van der Waals surface area contributed by atoms with E-state index in [4.69, 9.17) is 9.47 Å². The molecule has 7 heteroatoms. The number of piperidine rings is 1. The molecule has 1 saturated heterocycles. The quantitative estimate of drug-likeness (QED) is 0.517. The van der Waals surface area contributed by atoms with Gasteiger partial charge in [-0.1, -0.05) is 19.1 Å². The van der Waals surface area contributed by atoms with Gasteiger partial charge in [0.15, 0.2) is 5.69 Å². The van der Waals surface area contributed by atoms with Gasteiger partial charge in [0.2, 0.25) is 0 Å². The molecule has 2 heterocycles. The van der Waals surface area contributed by atoms with Gasteiger partial charge in [0.25, 0.3) is 5.91 Å². The summed E-state index contributed by atoms with van der Waals surface area (Å²) in [7, 11) is 1.61. The average molecular weight is 448 g/mol. The maximum Gasteiger partial charge on any atom is 0.358 e. The van der Waals surface area contributed by atoms with Gasteiger partial charge in [-0.05, 0) is 68.1 Å².